The molecule has 0 aliphatic heterocycles. The second-order valence-corrected chi connectivity index (χ2v) is 11.6. The molecule has 47 heavy (non-hydrogen) atoms. The predicted molar refractivity (Wildman–Crippen MR) is 179 cm³/mol. The molecule has 0 spiro atoms. The molecule has 2 amide bonds. The Morgan fingerprint density at radius 1 is 0.957 bits per heavy atom. The Morgan fingerprint density at radius 3 is 2.36 bits per heavy atom. The molecule has 3 N–H and O–H groups in total. The van der Waals surface area contributed by atoms with Crippen molar-refractivity contribution in [3.8, 4) is 38.8 Å². The van der Waals surface area contributed by atoms with E-state index in [2.05, 4.69) is 20.9 Å². The number of methoxy groups -OCH3 is 4. The summed E-state index contributed by atoms with van der Waals surface area (Å²) in [6.07, 6.45) is 1.08. The first-order chi connectivity index (χ1) is 22.7. The molecule has 1 aliphatic carbocycles. The monoisotopic (exact) mass is 658 g/mol. The van der Waals surface area contributed by atoms with E-state index >= 15 is 0 Å². The molecule has 1 aromatic heterocycles. The molecule has 0 radical (unpaired) electrons. The number of amides is 2. The number of aromatic nitrogens is 1. The number of nitrogens with zero attached hydrogens (tertiary/aromatic N) is 1. The first-order valence-corrected chi connectivity index (χ1v) is 15.5. The Balaban J connectivity index is 1.47. The Labute approximate surface area is 275 Å². The van der Waals surface area contributed by atoms with E-state index in [-0.39, 0.29) is 34.4 Å². The number of esters is 1. The number of carbonyl (C=O) groups is 3. The molecular formula is C34H34N4O8S. The molecule has 0 saturated carbocycles. The van der Waals surface area contributed by atoms with Crippen LogP contribution in [0.5, 0.6) is 17.2 Å². The maximum atomic E-state index is 13.6. The van der Waals surface area contributed by atoms with Crippen LogP contribution in [0.3, 0.4) is 0 Å². The van der Waals surface area contributed by atoms with Crippen LogP contribution in [-0.2, 0) is 20.7 Å². The van der Waals surface area contributed by atoms with Crippen LogP contribution < -0.4 is 35.6 Å². The van der Waals surface area contributed by atoms with Gasteiger partial charge < -0.3 is 34.9 Å². The molecule has 3 aromatic carbocycles. The predicted octanol–water partition coefficient (Wildman–Crippen LogP) is 4.82. The number of anilines is 2. The molecule has 1 heterocycles. The third-order valence-corrected chi connectivity index (χ3v) is 8.66. The minimum atomic E-state index is -0.627. The molecule has 4 aromatic rings. The van der Waals surface area contributed by atoms with Gasteiger partial charge in [0.1, 0.15) is 0 Å². The number of hydrogen-bond acceptors (Lipinski definition) is 11. The number of rotatable bonds is 10. The fourth-order valence-corrected chi connectivity index (χ4v) is 6.56. The number of hydrogen-bond donors (Lipinski definition) is 3. The highest BCUT2D eigenvalue weighted by atomic mass is 32.1. The van der Waals surface area contributed by atoms with Gasteiger partial charge in [-0.25, -0.2) is 9.78 Å². The van der Waals surface area contributed by atoms with E-state index in [9.17, 15) is 19.2 Å². The highest BCUT2D eigenvalue weighted by molar-refractivity contribution is 7.19. The Bertz CT molecular complexity index is 1890. The summed E-state index contributed by atoms with van der Waals surface area (Å²) in [4.78, 5) is 56.0. The average molecular weight is 659 g/mol. The Kier molecular flexibility index (Phi) is 10.0. The van der Waals surface area contributed by atoms with E-state index in [0.717, 1.165) is 22.5 Å². The molecular weight excluding hydrogens is 624 g/mol. The van der Waals surface area contributed by atoms with Crippen molar-refractivity contribution in [1.29, 1.82) is 0 Å². The number of ether oxygens (including phenoxy) is 4. The molecule has 244 valence electrons. The second-order valence-electron chi connectivity index (χ2n) is 10.6. The molecule has 0 fully saturated rings. The number of nitrogens with one attached hydrogen (secondary N) is 3. The average Bonchev–Trinajstić information content (AvgIpc) is 3.35. The highest BCUT2D eigenvalue weighted by Gasteiger charge is 2.29. The standard InChI is InChI=1S/C34H34N4O8S/c1-18(39)36-23-13-11-20-15-26(43-2)30(44-3)31(45-4)28(20)21-12-14-24(25(40)16-22(21)23)35-17-27(41)37-34-38-29(33(42)46-5)32(47-34)19-9-7-6-8-10-19/h6-10,12,14-16,23H,11,13,17H2,1-5H3,(H,35,40)(H,36,39)(H,37,38,41)/t23-/m0/s1. The zero-order valence-electron chi connectivity index (χ0n) is 26.5. The van der Waals surface area contributed by atoms with Gasteiger partial charge in [0.15, 0.2) is 22.3 Å². The summed E-state index contributed by atoms with van der Waals surface area (Å²) in [5.74, 6) is -0.0230. The van der Waals surface area contributed by atoms with Gasteiger partial charge in [0.2, 0.25) is 23.0 Å². The lowest BCUT2D eigenvalue weighted by Crippen LogP contribution is -2.27. The van der Waals surface area contributed by atoms with Gasteiger partial charge in [-0.3, -0.25) is 14.4 Å². The third-order valence-electron chi connectivity index (χ3n) is 7.64. The number of benzene rings is 2. The second kappa shape index (κ2) is 14.3. The molecule has 1 atom stereocenters. The van der Waals surface area contributed by atoms with Crippen molar-refractivity contribution >= 4 is 39.9 Å². The lowest BCUT2D eigenvalue weighted by molar-refractivity contribution is -0.119. The molecule has 0 saturated heterocycles. The van der Waals surface area contributed by atoms with Crippen molar-refractivity contribution in [3.05, 3.63) is 81.6 Å². The Hall–Kier alpha value is -5.43. The van der Waals surface area contributed by atoms with Crippen LogP contribution in [0.2, 0.25) is 0 Å². The van der Waals surface area contributed by atoms with E-state index in [0.29, 0.717) is 51.7 Å². The number of carbonyl (C=O) groups excluding carboxylic acids is 3. The van der Waals surface area contributed by atoms with E-state index in [1.165, 1.54) is 34.3 Å². The Morgan fingerprint density at radius 2 is 1.70 bits per heavy atom. The largest absolute Gasteiger partial charge is 0.493 e. The van der Waals surface area contributed by atoms with E-state index in [1.807, 2.05) is 36.4 Å². The van der Waals surface area contributed by atoms with Crippen molar-refractivity contribution < 1.29 is 33.3 Å². The molecule has 5 rings (SSSR count). The number of thiazole rings is 1. The van der Waals surface area contributed by atoms with Gasteiger partial charge in [-0.1, -0.05) is 47.7 Å². The fourth-order valence-electron chi connectivity index (χ4n) is 5.59. The lowest BCUT2D eigenvalue weighted by Gasteiger charge is -2.19. The van der Waals surface area contributed by atoms with E-state index < -0.39 is 17.9 Å². The zero-order chi connectivity index (χ0) is 33.7. The number of aryl methyl sites for hydroxylation is 1. The summed E-state index contributed by atoms with van der Waals surface area (Å²) in [5, 5.41) is 8.80. The van der Waals surface area contributed by atoms with Gasteiger partial charge in [-0.05, 0) is 53.3 Å². The van der Waals surface area contributed by atoms with Gasteiger partial charge in [0.25, 0.3) is 0 Å². The maximum absolute atomic E-state index is 13.6. The van der Waals surface area contributed by atoms with Crippen LogP contribution in [0.4, 0.5) is 10.8 Å². The minimum Gasteiger partial charge on any atom is -0.493 e. The first-order valence-electron chi connectivity index (χ1n) is 14.6. The van der Waals surface area contributed by atoms with Crippen molar-refractivity contribution in [2.75, 3.05) is 45.6 Å². The van der Waals surface area contributed by atoms with Gasteiger partial charge in [-0.15, -0.1) is 0 Å². The van der Waals surface area contributed by atoms with Gasteiger partial charge in [0.05, 0.1) is 51.6 Å². The maximum Gasteiger partial charge on any atom is 0.358 e. The third kappa shape index (κ3) is 6.89. The summed E-state index contributed by atoms with van der Waals surface area (Å²) in [6, 6.07) is 15.4. The fraction of sp³-hybridized carbons (Fsp3) is 0.265. The molecule has 0 bridgehead atoms. The quantitative estimate of drug-likeness (QED) is 0.202. The zero-order valence-corrected chi connectivity index (χ0v) is 27.3. The van der Waals surface area contributed by atoms with E-state index in [4.69, 9.17) is 18.9 Å². The van der Waals surface area contributed by atoms with Gasteiger partial charge >= 0.3 is 5.97 Å². The molecule has 0 unspecified atom stereocenters. The topological polar surface area (TPSA) is 154 Å². The van der Waals surface area contributed by atoms with Gasteiger partial charge in [0, 0.05) is 12.5 Å². The SMILES string of the molecule is COC(=O)c1nc(NC(=O)CNc2ccc3c(cc2=O)[C@@H](NC(C)=O)CCc2cc(OC)c(OC)c(OC)c2-3)sc1-c1ccccc1. The van der Waals surface area contributed by atoms with Crippen LogP contribution >= 0.6 is 11.3 Å². The molecule has 12 nitrogen and oxygen atoms in total. The minimum absolute atomic E-state index is 0.0871. The highest BCUT2D eigenvalue weighted by Crippen LogP contribution is 2.50. The first kappa shape index (κ1) is 32.9. The van der Waals surface area contributed by atoms with Crippen molar-refractivity contribution in [3.63, 3.8) is 0 Å². The molecule has 13 heteroatoms. The van der Waals surface area contributed by atoms with Gasteiger partial charge in [-0.2, -0.15) is 0 Å². The van der Waals surface area contributed by atoms with Crippen LogP contribution in [0.1, 0.15) is 41.0 Å². The summed E-state index contributed by atoms with van der Waals surface area (Å²) >= 11 is 1.14. The van der Waals surface area contributed by atoms with Crippen LogP contribution in [-0.4, -0.2) is 57.8 Å². The van der Waals surface area contributed by atoms with Crippen LogP contribution in [0.15, 0.2) is 59.4 Å². The van der Waals surface area contributed by atoms with Crippen molar-refractivity contribution in [1.82, 2.24) is 10.3 Å². The summed E-state index contributed by atoms with van der Waals surface area (Å²) in [5.41, 5.74) is 3.49. The summed E-state index contributed by atoms with van der Waals surface area (Å²) in [7, 11) is 5.85. The smallest absolute Gasteiger partial charge is 0.358 e. The molecule has 1 aliphatic rings. The summed E-state index contributed by atoms with van der Waals surface area (Å²) < 4.78 is 21.9. The van der Waals surface area contributed by atoms with Crippen molar-refractivity contribution in [2.24, 2.45) is 0 Å². The van der Waals surface area contributed by atoms with Crippen LogP contribution in [0.25, 0.3) is 21.6 Å². The van der Waals surface area contributed by atoms with E-state index in [1.54, 1.807) is 19.2 Å². The van der Waals surface area contributed by atoms with Crippen molar-refractivity contribution in [2.45, 2.75) is 25.8 Å². The van der Waals surface area contributed by atoms with Crippen LogP contribution in [0, 0.1) is 0 Å². The lowest BCUT2D eigenvalue weighted by atomic mass is 9.95. The number of fused-ring (bicyclic) bond motifs is 3. The summed E-state index contributed by atoms with van der Waals surface area (Å²) in [6.45, 7) is 1.16. The normalized spacial score (nSPS) is 13.3.